The minimum atomic E-state index is -0.747. The first kappa shape index (κ1) is 29.2. The average Bonchev–Trinajstić information content (AvgIpc) is 3.43. The van der Waals surface area contributed by atoms with Crippen molar-refractivity contribution in [3.05, 3.63) is 25.3 Å². The van der Waals surface area contributed by atoms with Crippen LogP contribution >= 0.6 is 27.7 Å². The van der Waals surface area contributed by atoms with Crippen LogP contribution in [0.3, 0.4) is 0 Å². The maximum Gasteiger partial charge on any atom is 0.310 e. The van der Waals surface area contributed by atoms with Gasteiger partial charge < -0.3 is 19.6 Å². The highest BCUT2D eigenvalue weighted by molar-refractivity contribution is 9.09. The van der Waals surface area contributed by atoms with Crippen molar-refractivity contribution in [1.82, 2.24) is 9.80 Å². The van der Waals surface area contributed by atoms with Gasteiger partial charge in [-0.05, 0) is 31.6 Å². The van der Waals surface area contributed by atoms with Gasteiger partial charge in [-0.2, -0.15) is 0 Å². The van der Waals surface area contributed by atoms with Crippen LogP contribution in [0.5, 0.6) is 0 Å². The predicted molar refractivity (Wildman–Crippen MR) is 147 cm³/mol. The Morgan fingerprint density at radius 3 is 2.67 bits per heavy atom. The first-order chi connectivity index (χ1) is 17.2. The van der Waals surface area contributed by atoms with Crippen LogP contribution in [-0.4, -0.2) is 85.9 Å². The van der Waals surface area contributed by atoms with Crippen LogP contribution in [0.2, 0.25) is 0 Å². The number of esters is 1. The fraction of sp³-hybridized carbons (Fsp3) is 0.741. The zero-order chi connectivity index (χ0) is 26.6. The molecule has 9 heteroatoms. The molecule has 0 saturated carbocycles. The summed E-state index contributed by atoms with van der Waals surface area (Å²) in [4.78, 5) is 45.2. The fourth-order valence-corrected chi connectivity index (χ4v) is 9.72. The van der Waals surface area contributed by atoms with E-state index in [0.29, 0.717) is 32.4 Å². The van der Waals surface area contributed by atoms with E-state index in [-0.39, 0.29) is 47.0 Å². The molecule has 3 aliphatic rings. The standard InChI is InChI=1S/C27H41BrN2O5S/c1-6-9-12-29(11-8-3)25(33)23-27-15-19(28)22(36-27)20(26(34)35-13-10-7-2)21(27)24(32)30(23)18(16-31)14-17(4)5/h7-8,17-23,31H,2-3,6,9-16H2,1,4-5H3/t18-,19?,20-,21+,22-,23?,27?/m1/s1. The van der Waals surface area contributed by atoms with Crippen molar-refractivity contribution in [3.8, 4) is 0 Å². The summed E-state index contributed by atoms with van der Waals surface area (Å²) in [5.74, 6) is -1.76. The molecule has 3 unspecified atom stereocenters. The molecular weight excluding hydrogens is 544 g/mol. The molecule has 7 nitrogen and oxygen atoms in total. The van der Waals surface area contributed by atoms with Gasteiger partial charge in [-0.25, -0.2) is 0 Å². The van der Waals surface area contributed by atoms with Crippen LogP contribution in [-0.2, 0) is 19.1 Å². The smallest absolute Gasteiger partial charge is 0.310 e. The first-order valence-corrected chi connectivity index (χ1v) is 14.9. The summed E-state index contributed by atoms with van der Waals surface area (Å²) >= 11 is 5.37. The van der Waals surface area contributed by atoms with Gasteiger partial charge >= 0.3 is 5.97 Å². The number of carbonyl (C=O) groups is 3. The third-order valence-corrected chi connectivity index (χ3v) is 10.8. The lowest BCUT2D eigenvalue weighted by atomic mass is 9.71. The molecule has 2 bridgehead atoms. The maximum absolute atomic E-state index is 14.3. The van der Waals surface area contributed by atoms with Crippen molar-refractivity contribution < 1.29 is 24.2 Å². The zero-order valence-corrected chi connectivity index (χ0v) is 24.1. The number of ether oxygens (including phenoxy) is 1. The largest absolute Gasteiger partial charge is 0.465 e. The second-order valence-electron chi connectivity index (χ2n) is 10.5. The second-order valence-corrected chi connectivity index (χ2v) is 13.3. The van der Waals surface area contributed by atoms with Crippen LogP contribution in [0.1, 0.15) is 52.9 Å². The first-order valence-electron chi connectivity index (χ1n) is 13.1. The van der Waals surface area contributed by atoms with Crippen molar-refractivity contribution in [2.45, 2.75) is 79.8 Å². The number of amides is 2. The monoisotopic (exact) mass is 584 g/mol. The number of thioether (sulfide) groups is 1. The number of fused-ring (bicyclic) bond motifs is 1. The topological polar surface area (TPSA) is 87.2 Å². The molecule has 0 aliphatic carbocycles. The van der Waals surface area contributed by atoms with E-state index in [1.165, 1.54) is 0 Å². The lowest BCUT2D eigenvalue weighted by molar-refractivity contribution is -0.154. The number of aliphatic hydroxyl groups is 1. The summed E-state index contributed by atoms with van der Waals surface area (Å²) in [6, 6.07) is -1.24. The van der Waals surface area contributed by atoms with Gasteiger partial charge in [0.05, 0.1) is 35.8 Å². The minimum absolute atomic E-state index is 0.0140. The van der Waals surface area contributed by atoms with Crippen LogP contribution in [0, 0.1) is 17.8 Å². The third-order valence-electron chi connectivity index (χ3n) is 7.59. The van der Waals surface area contributed by atoms with Crippen LogP contribution in [0.4, 0.5) is 0 Å². The van der Waals surface area contributed by atoms with Gasteiger partial charge in [0.1, 0.15) is 6.04 Å². The van der Waals surface area contributed by atoms with E-state index in [0.717, 1.165) is 12.8 Å². The SMILES string of the molecule is C=CCCOC(=O)[C@H]1[C@@H]2SC3(CC2Br)C(C(=O)N(CC=C)CCCC)N([C@@H](CO)CC(C)C)C(=O)[C@H]13. The molecule has 3 heterocycles. The molecule has 2 amide bonds. The van der Waals surface area contributed by atoms with Gasteiger partial charge in [-0.1, -0.05) is 55.3 Å². The molecule has 3 rings (SSSR count). The third kappa shape index (κ3) is 5.30. The van der Waals surface area contributed by atoms with E-state index in [2.05, 4.69) is 36.0 Å². The second kappa shape index (κ2) is 12.5. The molecular formula is C27H41BrN2O5S. The summed E-state index contributed by atoms with van der Waals surface area (Å²) in [6.07, 6.45) is 6.92. The van der Waals surface area contributed by atoms with Gasteiger partial charge in [0.2, 0.25) is 11.8 Å². The van der Waals surface area contributed by atoms with Gasteiger partial charge in [-0.3, -0.25) is 14.4 Å². The Balaban J connectivity index is 2.07. The van der Waals surface area contributed by atoms with Crippen molar-refractivity contribution in [1.29, 1.82) is 0 Å². The molecule has 1 spiro atoms. The highest BCUT2D eigenvalue weighted by atomic mass is 79.9. The summed E-state index contributed by atoms with van der Waals surface area (Å²) in [6.45, 7) is 14.6. The van der Waals surface area contributed by atoms with E-state index in [1.54, 1.807) is 33.7 Å². The lowest BCUT2D eigenvalue weighted by Gasteiger charge is -2.40. The Morgan fingerprint density at radius 1 is 1.36 bits per heavy atom. The number of carbonyl (C=O) groups excluding carboxylic acids is 3. The van der Waals surface area contributed by atoms with Crippen molar-refractivity contribution in [2.24, 2.45) is 17.8 Å². The van der Waals surface area contributed by atoms with Gasteiger partial charge in [0.25, 0.3) is 0 Å². The number of hydrogen-bond acceptors (Lipinski definition) is 6. The van der Waals surface area contributed by atoms with Crippen LogP contribution in [0.15, 0.2) is 25.3 Å². The molecule has 1 N–H and O–H groups in total. The maximum atomic E-state index is 14.3. The zero-order valence-electron chi connectivity index (χ0n) is 21.7. The van der Waals surface area contributed by atoms with Crippen molar-refractivity contribution >= 4 is 45.5 Å². The molecule has 0 aromatic rings. The Hall–Kier alpha value is -1.32. The highest BCUT2D eigenvalue weighted by Gasteiger charge is 2.76. The quantitative estimate of drug-likeness (QED) is 0.145. The number of halogens is 1. The number of aliphatic hydroxyl groups excluding tert-OH is 1. The minimum Gasteiger partial charge on any atom is -0.465 e. The number of hydrogen-bond donors (Lipinski definition) is 1. The molecule has 0 aromatic carbocycles. The van der Waals surface area contributed by atoms with Gasteiger partial charge in [0.15, 0.2) is 0 Å². The molecule has 3 saturated heterocycles. The van der Waals surface area contributed by atoms with E-state index < -0.39 is 28.7 Å². The van der Waals surface area contributed by atoms with E-state index in [9.17, 15) is 19.5 Å². The fourth-order valence-electron chi connectivity index (χ4n) is 6.14. The number of unbranched alkanes of at least 4 members (excludes halogenated alkanes) is 1. The molecule has 0 radical (unpaired) electrons. The van der Waals surface area contributed by atoms with Gasteiger partial charge in [-0.15, -0.1) is 24.9 Å². The Labute approximate surface area is 228 Å². The van der Waals surface area contributed by atoms with E-state index in [4.69, 9.17) is 4.74 Å². The number of nitrogens with zero attached hydrogens (tertiary/aromatic N) is 2. The molecule has 202 valence electrons. The Morgan fingerprint density at radius 2 is 2.08 bits per heavy atom. The van der Waals surface area contributed by atoms with E-state index >= 15 is 0 Å². The number of rotatable bonds is 14. The Kier molecular flexibility index (Phi) is 10.1. The van der Waals surface area contributed by atoms with Gasteiger partial charge in [0, 0.05) is 23.2 Å². The average molecular weight is 586 g/mol. The van der Waals surface area contributed by atoms with Crippen molar-refractivity contribution in [2.75, 3.05) is 26.3 Å². The number of likely N-dealkylation sites (tertiary alicyclic amines) is 1. The summed E-state index contributed by atoms with van der Waals surface area (Å²) < 4.78 is 4.82. The predicted octanol–water partition coefficient (Wildman–Crippen LogP) is 3.79. The van der Waals surface area contributed by atoms with E-state index in [1.807, 2.05) is 13.8 Å². The molecule has 3 aliphatic heterocycles. The summed E-state index contributed by atoms with van der Waals surface area (Å²) in [5.41, 5.74) is 0. The normalized spacial score (nSPS) is 31.4. The lowest BCUT2D eigenvalue weighted by Crippen LogP contribution is -2.58. The summed E-state index contributed by atoms with van der Waals surface area (Å²) in [7, 11) is 0. The highest BCUT2D eigenvalue weighted by Crippen LogP contribution is 2.68. The molecule has 36 heavy (non-hydrogen) atoms. The van der Waals surface area contributed by atoms with Crippen LogP contribution in [0.25, 0.3) is 0 Å². The Bertz CT molecular complexity index is 854. The van der Waals surface area contributed by atoms with Crippen molar-refractivity contribution in [3.63, 3.8) is 0 Å². The number of alkyl halides is 1. The summed E-state index contributed by atoms with van der Waals surface area (Å²) in [5, 5.41) is 10.2. The van der Waals surface area contributed by atoms with Crippen LogP contribution < -0.4 is 0 Å². The molecule has 7 atom stereocenters. The molecule has 3 fully saturated rings. The molecule has 0 aromatic heterocycles.